The second-order valence-corrected chi connectivity index (χ2v) is 6.42. The van der Waals surface area contributed by atoms with Crippen LogP contribution < -0.4 is 0 Å². The average Bonchev–Trinajstić information content (AvgIpc) is 2.64. The SMILES string of the molecule is C[C@H]1CO[C@@H](CS(=O)(=O)c2ccccc2)C1. The van der Waals surface area contributed by atoms with E-state index in [1.807, 2.05) is 6.07 Å². The Bertz CT molecular complexity index is 439. The van der Waals surface area contributed by atoms with Gasteiger partial charge in [0, 0.05) is 6.61 Å². The van der Waals surface area contributed by atoms with E-state index in [0.717, 1.165) is 6.42 Å². The fourth-order valence-corrected chi connectivity index (χ4v) is 3.46. The standard InChI is InChI=1S/C12H16O3S/c1-10-7-11(15-8-10)9-16(13,14)12-5-3-2-4-6-12/h2-6,10-11H,7-9H2,1H3/t10-,11-/m1/s1. The van der Waals surface area contributed by atoms with Gasteiger partial charge in [-0.1, -0.05) is 25.1 Å². The van der Waals surface area contributed by atoms with Crippen molar-refractivity contribution in [3.8, 4) is 0 Å². The first kappa shape index (κ1) is 11.6. The lowest BCUT2D eigenvalue weighted by molar-refractivity contribution is 0.123. The van der Waals surface area contributed by atoms with Crippen LogP contribution in [0.15, 0.2) is 35.2 Å². The van der Waals surface area contributed by atoms with Crippen molar-refractivity contribution in [2.24, 2.45) is 5.92 Å². The molecule has 0 unspecified atom stereocenters. The summed E-state index contributed by atoms with van der Waals surface area (Å²) >= 11 is 0. The molecule has 0 amide bonds. The molecule has 0 aromatic heterocycles. The van der Waals surface area contributed by atoms with Gasteiger partial charge in [0.2, 0.25) is 0 Å². The summed E-state index contributed by atoms with van der Waals surface area (Å²) in [5.74, 6) is 0.567. The van der Waals surface area contributed by atoms with Gasteiger partial charge in [-0.2, -0.15) is 0 Å². The molecule has 0 aliphatic carbocycles. The monoisotopic (exact) mass is 240 g/mol. The Balaban J connectivity index is 2.09. The molecule has 1 aliphatic heterocycles. The topological polar surface area (TPSA) is 43.4 Å². The molecule has 2 rings (SSSR count). The van der Waals surface area contributed by atoms with Crippen molar-refractivity contribution >= 4 is 9.84 Å². The molecule has 1 aliphatic rings. The third-order valence-electron chi connectivity index (χ3n) is 2.79. The summed E-state index contributed by atoms with van der Waals surface area (Å²) in [6.07, 6.45) is 0.701. The van der Waals surface area contributed by atoms with E-state index in [-0.39, 0.29) is 11.9 Å². The van der Waals surface area contributed by atoms with Crippen molar-refractivity contribution < 1.29 is 13.2 Å². The summed E-state index contributed by atoms with van der Waals surface area (Å²) in [7, 11) is -3.19. The predicted octanol–water partition coefficient (Wildman–Crippen LogP) is 1.89. The van der Waals surface area contributed by atoms with Crippen LogP contribution in [0.25, 0.3) is 0 Å². The van der Waals surface area contributed by atoms with Gasteiger partial charge in [0.15, 0.2) is 9.84 Å². The zero-order valence-corrected chi connectivity index (χ0v) is 10.1. The minimum Gasteiger partial charge on any atom is -0.377 e. The molecule has 1 heterocycles. The van der Waals surface area contributed by atoms with Gasteiger partial charge in [0.25, 0.3) is 0 Å². The maximum absolute atomic E-state index is 12.0. The fourth-order valence-electron chi connectivity index (χ4n) is 1.97. The minimum atomic E-state index is -3.19. The minimum absolute atomic E-state index is 0.0986. The molecule has 0 bridgehead atoms. The van der Waals surface area contributed by atoms with E-state index in [9.17, 15) is 8.42 Å². The molecular weight excluding hydrogens is 224 g/mol. The summed E-state index contributed by atoms with van der Waals surface area (Å²) < 4.78 is 29.5. The van der Waals surface area contributed by atoms with Gasteiger partial charge in [-0.05, 0) is 24.5 Å². The molecule has 0 radical (unpaired) electrons. The van der Waals surface area contributed by atoms with Crippen LogP contribution >= 0.6 is 0 Å². The van der Waals surface area contributed by atoms with Crippen LogP contribution in [0.4, 0.5) is 0 Å². The van der Waals surface area contributed by atoms with Crippen LogP contribution in [-0.4, -0.2) is 26.9 Å². The molecule has 88 valence electrons. The molecule has 3 nitrogen and oxygen atoms in total. The number of ether oxygens (including phenoxy) is 1. The summed E-state index contributed by atoms with van der Waals surface area (Å²) in [4.78, 5) is 0.387. The van der Waals surface area contributed by atoms with Gasteiger partial charge < -0.3 is 4.74 Å². The fraction of sp³-hybridized carbons (Fsp3) is 0.500. The maximum atomic E-state index is 12.0. The Kier molecular flexibility index (Phi) is 3.30. The molecule has 0 N–H and O–H groups in total. The van der Waals surface area contributed by atoms with Crippen molar-refractivity contribution in [1.82, 2.24) is 0 Å². The largest absolute Gasteiger partial charge is 0.377 e. The van der Waals surface area contributed by atoms with Gasteiger partial charge in [0.05, 0.1) is 16.8 Å². The van der Waals surface area contributed by atoms with Gasteiger partial charge in [-0.25, -0.2) is 8.42 Å². The quantitative estimate of drug-likeness (QED) is 0.810. The van der Waals surface area contributed by atoms with Gasteiger partial charge in [0.1, 0.15) is 0 Å². The normalized spacial score (nSPS) is 25.8. The lowest BCUT2D eigenvalue weighted by Gasteiger charge is -2.09. The Hall–Kier alpha value is -0.870. The van der Waals surface area contributed by atoms with Crippen molar-refractivity contribution in [3.05, 3.63) is 30.3 Å². The zero-order chi connectivity index (χ0) is 11.6. The van der Waals surface area contributed by atoms with Crippen molar-refractivity contribution in [1.29, 1.82) is 0 Å². The van der Waals surface area contributed by atoms with Gasteiger partial charge in [-0.15, -0.1) is 0 Å². The van der Waals surface area contributed by atoms with Crippen molar-refractivity contribution in [2.45, 2.75) is 24.3 Å². The van der Waals surface area contributed by atoms with E-state index in [1.165, 1.54) is 0 Å². The Morgan fingerprint density at radius 2 is 2.00 bits per heavy atom. The van der Waals surface area contributed by atoms with Crippen molar-refractivity contribution in [2.75, 3.05) is 12.4 Å². The first-order chi connectivity index (χ1) is 7.58. The highest BCUT2D eigenvalue weighted by Gasteiger charge is 2.27. The summed E-state index contributed by atoms with van der Waals surface area (Å²) in [6.45, 7) is 2.75. The molecular formula is C12H16O3S. The smallest absolute Gasteiger partial charge is 0.180 e. The molecule has 1 saturated heterocycles. The van der Waals surface area contributed by atoms with E-state index >= 15 is 0 Å². The van der Waals surface area contributed by atoms with E-state index in [1.54, 1.807) is 24.3 Å². The summed E-state index contributed by atoms with van der Waals surface area (Å²) in [6, 6.07) is 8.56. The Morgan fingerprint density at radius 1 is 1.31 bits per heavy atom. The van der Waals surface area contributed by atoms with Crippen LogP contribution in [0.1, 0.15) is 13.3 Å². The maximum Gasteiger partial charge on any atom is 0.180 e. The highest BCUT2D eigenvalue weighted by atomic mass is 32.2. The lowest BCUT2D eigenvalue weighted by atomic mass is 10.1. The molecule has 2 atom stereocenters. The average molecular weight is 240 g/mol. The summed E-state index contributed by atoms with van der Waals surface area (Å²) in [5.41, 5.74) is 0. The third-order valence-corrected chi connectivity index (χ3v) is 4.59. The highest BCUT2D eigenvalue weighted by molar-refractivity contribution is 7.91. The van der Waals surface area contributed by atoms with E-state index in [2.05, 4.69) is 6.92 Å². The van der Waals surface area contributed by atoms with Gasteiger partial charge in [-0.3, -0.25) is 0 Å². The first-order valence-corrected chi connectivity index (χ1v) is 7.12. The van der Waals surface area contributed by atoms with Crippen LogP contribution in [0.2, 0.25) is 0 Å². The second kappa shape index (κ2) is 4.55. The van der Waals surface area contributed by atoms with Crippen molar-refractivity contribution in [3.63, 3.8) is 0 Å². The summed E-state index contributed by atoms with van der Waals surface area (Å²) in [5, 5.41) is 0. The lowest BCUT2D eigenvalue weighted by Crippen LogP contribution is -2.20. The number of rotatable bonds is 3. The molecule has 1 aromatic carbocycles. The number of benzene rings is 1. The van der Waals surface area contributed by atoms with Crippen LogP contribution in [-0.2, 0) is 14.6 Å². The molecule has 0 spiro atoms. The molecule has 0 saturated carbocycles. The number of hydrogen-bond donors (Lipinski definition) is 0. The van der Waals surface area contributed by atoms with Crippen LogP contribution in [0.3, 0.4) is 0 Å². The Morgan fingerprint density at radius 3 is 2.56 bits per heavy atom. The molecule has 1 aromatic rings. The second-order valence-electron chi connectivity index (χ2n) is 4.39. The zero-order valence-electron chi connectivity index (χ0n) is 9.30. The predicted molar refractivity (Wildman–Crippen MR) is 62.0 cm³/mol. The molecule has 16 heavy (non-hydrogen) atoms. The Labute approximate surface area is 96.4 Å². The highest BCUT2D eigenvalue weighted by Crippen LogP contribution is 2.22. The van der Waals surface area contributed by atoms with E-state index in [4.69, 9.17) is 4.74 Å². The molecule has 4 heteroatoms. The number of sulfone groups is 1. The van der Waals surface area contributed by atoms with E-state index in [0.29, 0.717) is 17.4 Å². The molecule has 1 fully saturated rings. The van der Waals surface area contributed by atoms with Gasteiger partial charge >= 0.3 is 0 Å². The third kappa shape index (κ3) is 2.62. The first-order valence-electron chi connectivity index (χ1n) is 5.47. The van der Waals surface area contributed by atoms with E-state index < -0.39 is 9.84 Å². The number of hydrogen-bond acceptors (Lipinski definition) is 3. The van der Waals surface area contributed by atoms with Crippen LogP contribution in [0.5, 0.6) is 0 Å². The van der Waals surface area contributed by atoms with Crippen LogP contribution in [0, 0.1) is 5.92 Å².